The van der Waals surface area contributed by atoms with E-state index >= 15 is 0 Å². The molecule has 3 rings (SSSR count). The third-order valence-corrected chi connectivity index (χ3v) is 5.30. The van der Waals surface area contributed by atoms with Crippen LogP contribution in [0.5, 0.6) is 0 Å². The Balaban J connectivity index is 1.74. The van der Waals surface area contributed by atoms with Crippen LogP contribution in [0, 0.1) is 11.7 Å². The van der Waals surface area contributed by atoms with Gasteiger partial charge in [-0.2, -0.15) is 0 Å². The van der Waals surface area contributed by atoms with Crippen molar-refractivity contribution in [3.8, 4) is 0 Å². The molecule has 0 aromatic heterocycles. The van der Waals surface area contributed by atoms with Gasteiger partial charge in [0.1, 0.15) is 18.0 Å². The number of benzene rings is 2. The molecule has 0 spiro atoms. The Hall–Kier alpha value is -2.68. The van der Waals surface area contributed by atoms with Crippen molar-refractivity contribution in [2.75, 3.05) is 18.5 Å². The maximum atomic E-state index is 13.5. The molecule has 1 heterocycles. The number of amides is 2. The number of nitrogens with one attached hydrogen (secondary N) is 2. The van der Waals surface area contributed by atoms with Crippen LogP contribution in [0.1, 0.15) is 22.3 Å². The van der Waals surface area contributed by atoms with Crippen LogP contribution in [-0.2, 0) is 11.3 Å². The molecule has 1 saturated heterocycles. The summed E-state index contributed by atoms with van der Waals surface area (Å²) in [5.41, 5.74) is 1.44. The quantitative estimate of drug-likeness (QED) is 0.572. The minimum absolute atomic E-state index is 0.00158. The Morgan fingerprint density at radius 3 is 2.70 bits per heavy atom. The van der Waals surface area contributed by atoms with Crippen LogP contribution in [0.3, 0.4) is 0 Å². The smallest absolute Gasteiger partial charge is 0.251 e. The Labute approximate surface area is 178 Å². The standard InChI is InChI=1S/C21H23ClFN3O4/c1-24-19(28)13-3-2-4-16(9-13)26-6-5-17(27)18(21(26)30)20(29)25-11-12-7-14(22)10-15(23)8-12/h2-4,7-10,17-18,21,27,30H,5-6,11H2,1H3,(H,24,28)(H,25,29). The second-order valence-corrected chi connectivity index (χ2v) is 7.55. The lowest BCUT2D eigenvalue weighted by molar-refractivity contribution is -0.136. The first kappa shape index (κ1) is 22.0. The molecule has 0 aliphatic carbocycles. The predicted octanol–water partition coefficient (Wildman–Crippen LogP) is 1.66. The third kappa shape index (κ3) is 4.89. The molecule has 2 amide bonds. The van der Waals surface area contributed by atoms with E-state index in [1.165, 1.54) is 19.2 Å². The number of carbonyl (C=O) groups is 2. The summed E-state index contributed by atoms with van der Waals surface area (Å²) in [6.45, 7) is 0.307. The number of carbonyl (C=O) groups excluding carboxylic acids is 2. The van der Waals surface area contributed by atoms with Crippen molar-refractivity contribution in [2.45, 2.75) is 25.3 Å². The molecule has 0 bridgehead atoms. The summed E-state index contributed by atoms with van der Waals surface area (Å²) in [5, 5.41) is 26.5. The molecule has 2 aromatic carbocycles. The van der Waals surface area contributed by atoms with E-state index in [0.29, 0.717) is 23.4 Å². The van der Waals surface area contributed by atoms with Crippen molar-refractivity contribution in [1.29, 1.82) is 0 Å². The molecular formula is C21H23ClFN3O4. The second kappa shape index (κ2) is 9.42. The van der Waals surface area contributed by atoms with E-state index in [2.05, 4.69) is 10.6 Å². The monoisotopic (exact) mass is 435 g/mol. The Morgan fingerprint density at radius 2 is 2.00 bits per heavy atom. The van der Waals surface area contributed by atoms with Crippen molar-refractivity contribution in [3.05, 3.63) is 64.4 Å². The largest absolute Gasteiger partial charge is 0.392 e. The molecule has 4 N–H and O–H groups in total. The number of anilines is 1. The van der Waals surface area contributed by atoms with Gasteiger partial charge in [-0.3, -0.25) is 9.59 Å². The highest BCUT2D eigenvalue weighted by Crippen LogP contribution is 2.29. The number of hydrogen-bond donors (Lipinski definition) is 4. The maximum absolute atomic E-state index is 13.5. The topological polar surface area (TPSA) is 102 Å². The van der Waals surface area contributed by atoms with Gasteiger partial charge in [-0.1, -0.05) is 17.7 Å². The van der Waals surface area contributed by atoms with Crippen LogP contribution in [0.4, 0.5) is 10.1 Å². The summed E-state index contributed by atoms with van der Waals surface area (Å²) >= 11 is 5.83. The van der Waals surface area contributed by atoms with E-state index in [9.17, 15) is 24.2 Å². The summed E-state index contributed by atoms with van der Waals surface area (Å²) in [6.07, 6.45) is -2.09. The zero-order valence-corrected chi connectivity index (χ0v) is 17.1. The molecule has 3 unspecified atom stereocenters. The summed E-state index contributed by atoms with van der Waals surface area (Å²) < 4.78 is 13.5. The normalized spacial score (nSPS) is 21.2. The molecular weight excluding hydrogens is 413 g/mol. The van der Waals surface area contributed by atoms with Gasteiger partial charge >= 0.3 is 0 Å². The molecule has 9 heteroatoms. The number of rotatable bonds is 5. The number of hydrogen-bond acceptors (Lipinski definition) is 5. The summed E-state index contributed by atoms with van der Waals surface area (Å²) in [5.74, 6) is -2.48. The zero-order chi connectivity index (χ0) is 21.8. The van der Waals surface area contributed by atoms with Gasteiger partial charge in [0.25, 0.3) is 5.91 Å². The summed E-state index contributed by atoms with van der Waals surface area (Å²) in [6, 6.07) is 10.6. The van der Waals surface area contributed by atoms with Gasteiger partial charge < -0.3 is 25.7 Å². The fraction of sp³-hybridized carbons (Fsp3) is 0.333. The zero-order valence-electron chi connectivity index (χ0n) is 16.3. The maximum Gasteiger partial charge on any atom is 0.251 e. The van der Waals surface area contributed by atoms with Crippen molar-refractivity contribution in [2.24, 2.45) is 5.92 Å². The lowest BCUT2D eigenvalue weighted by atomic mass is 9.91. The van der Waals surface area contributed by atoms with Gasteiger partial charge in [0.15, 0.2) is 0 Å². The summed E-state index contributed by atoms with van der Waals surface area (Å²) in [4.78, 5) is 26.2. The first-order valence-corrected chi connectivity index (χ1v) is 9.85. The molecule has 1 fully saturated rings. The first-order chi connectivity index (χ1) is 14.3. The van der Waals surface area contributed by atoms with Crippen LogP contribution in [-0.4, -0.2) is 48.0 Å². The molecule has 1 aliphatic rings. The van der Waals surface area contributed by atoms with Crippen LogP contribution in [0.25, 0.3) is 0 Å². The predicted molar refractivity (Wildman–Crippen MR) is 111 cm³/mol. The van der Waals surface area contributed by atoms with E-state index < -0.39 is 30.0 Å². The van der Waals surface area contributed by atoms with Crippen LogP contribution in [0.15, 0.2) is 42.5 Å². The lowest BCUT2D eigenvalue weighted by Crippen LogP contribution is -2.56. The fourth-order valence-corrected chi connectivity index (χ4v) is 3.80. The number of piperidine rings is 1. The average molecular weight is 436 g/mol. The first-order valence-electron chi connectivity index (χ1n) is 9.47. The van der Waals surface area contributed by atoms with Gasteiger partial charge in [-0.25, -0.2) is 4.39 Å². The van der Waals surface area contributed by atoms with E-state index in [-0.39, 0.29) is 23.9 Å². The SMILES string of the molecule is CNC(=O)c1cccc(N2CCC(O)C(C(=O)NCc3cc(F)cc(Cl)c3)C2O)c1. The van der Waals surface area contributed by atoms with Crippen LogP contribution >= 0.6 is 11.6 Å². The van der Waals surface area contributed by atoms with E-state index in [1.807, 2.05) is 0 Å². The van der Waals surface area contributed by atoms with Gasteiger partial charge in [0, 0.05) is 36.4 Å². The Bertz CT molecular complexity index is 922. The highest BCUT2D eigenvalue weighted by atomic mass is 35.5. The molecule has 2 aromatic rings. The minimum atomic E-state index is -1.30. The Kier molecular flexibility index (Phi) is 6.91. The van der Waals surface area contributed by atoms with Crippen molar-refractivity contribution >= 4 is 29.1 Å². The van der Waals surface area contributed by atoms with E-state index in [1.54, 1.807) is 29.2 Å². The highest BCUT2D eigenvalue weighted by molar-refractivity contribution is 6.30. The molecule has 160 valence electrons. The fourth-order valence-electron chi connectivity index (χ4n) is 3.56. The number of halogens is 2. The molecule has 0 saturated carbocycles. The third-order valence-electron chi connectivity index (χ3n) is 5.08. The highest BCUT2D eigenvalue weighted by Gasteiger charge is 2.41. The molecule has 7 nitrogen and oxygen atoms in total. The van der Waals surface area contributed by atoms with Gasteiger partial charge in [0.05, 0.1) is 6.10 Å². The van der Waals surface area contributed by atoms with E-state index in [0.717, 1.165) is 6.07 Å². The number of nitrogens with zero attached hydrogens (tertiary/aromatic N) is 1. The minimum Gasteiger partial charge on any atom is -0.392 e. The van der Waals surface area contributed by atoms with Crippen molar-refractivity contribution in [3.63, 3.8) is 0 Å². The van der Waals surface area contributed by atoms with Crippen molar-refractivity contribution in [1.82, 2.24) is 10.6 Å². The summed E-state index contributed by atoms with van der Waals surface area (Å²) in [7, 11) is 1.52. The van der Waals surface area contributed by atoms with Gasteiger partial charge in [-0.15, -0.1) is 0 Å². The van der Waals surface area contributed by atoms with Crippen molar-refractivity contribution < 1.29 is 24.2 Å². The number of aliphatic hydroxyl groups excluding tert-OH is 2. The molecule has 3 atom stereocenters. The molecule has 30 heavy (non-hydrogen) atoms. The Morgan fingerprint density at radius 1 is 1.23 bits per heavy atom. The van der Waals surface area contributed by atoms with Crippen LogP contribution in [0.2, 0.25) is 5.02 Å². The average Bonchev–Trinajstić information content (AvgIpc) is 2.71. The van der Waals surface area contributed by atoms with Gasteiger partial charge in [-0.05, 0) is 48.4 Å². The lowest BCUT2D eigenvalue weighted by Gasteiger charge is -2.41. The number of aliphatic hydroxyl groups is 2. The van der Waals surface area contributed by atoms with Gasteiger partial charge in [0.2, 0.25) is 5.91 Å². The second-order valence-electron chi connectivity index (χ2n) is 7.11. The molecule has 0 radical (unpaired) electrons. The molecule has 1 aliphatic heterocycles. The van der Waals surface area contributed by atoms with Crippen LogP contribution < -0.4 is 15.5 Å². The van der Waals surface area contributed by atoms with E-state index in [4.69, 9.17) is 11.6 Å².